The van der Waals surface area contributed by atoms with Gasteiger partial charge in [0, 0.05) is 10.6 Å². The van der Waals surface area contributed by atoms with E-state index in [2.05, 4.69) is 38.4 Å². The summed E-state index contributed by atoms with van der Waals surface area (Å²) < 4.78 is 12.0. The lowest BCUT2D eigenvalue weighted by Crippen LogP contribution is -2.48. The van der Waals surface area contributed by atoms with E-state index in [0.29, 0.717) is 28.7 Å². The van der Waals surface area contributed by atoms with E-state index in [1.807, 2.05) is 26.8 Å². The first-order chi connectivity index (χ1) is 15.3. The predicted octanol–water partition coefficient (Wildman–Crippen LogP) is 4.65. The van der Waals surface area contributed by atoms with E-state index < -0.39 is 11.9 Å². The zero-order valence-corrected chi connectivity index (χ0v) is 21.4. The Hall–Kier alpha value is -2.33. The second-order valence-corrected chi connectivity index (χ2v) is 8.92. The minimum Gasteiger partial charge on any atom is -0.493 e. The third kappa shape index (κ3) is 7.37. The SMILES string of the molecule is CCCOc1c(I)cc(/C=N/NC(=O)C(NC(=O)c2ccc(Cl)cc2)C(C)C)cc1OC. The number of hydrogen-bond acceptors (Lipinski definition) is 5. The van der Waals surface area contributed by atoms with Crippen molar-refractivity contribution >= 4 is 52.2 Å². The lowest BCUT2D eigenvalue weighted by atomic mass is 10.0. The predicted molar refractivity (Wildman–Crippen MR) is 135 cm³/mol. The summed E-state index contributed by atoms with van der Waals surface area (Å²) in [6.45, 7) is 6.32. The summed E-state index contributed by atoms with van der Waals surface area (Å²) in [6.07, 6.45) is 2.41. The largest absolute Gasteiger partial charge is 0.493 e. The number of methoxy groups -OCH3 is 1. The van der Waals surface area contributed by atoms with E-state index in [1.165, 1.54) is 6.21 Å². The molecule has 0 bridgehead atoms. The number of hydrazone groups is 1. The summed E-state index contributed by atoms with van der Waals surface area (Å²) in [5.41, 5.74) is 3.66. The molecule has 0 saturated heterocycles. The van der Waals surface area contributed by atoms with Crippen LogP contribution in [0.1, 0.15) is 43.1 Å². The number of carbonyl (C=O) groups excluding carboxylic acids is 2. The second-order valence-electron chi connectivity index (χ2n) is 7.32. The molecular formula is C23H27ClIN3O4. The maximum Gasteiger partial charge on any atom is 0.262 e. The monoisotopic (exact) mass is 571 g/mol. The van der Waals surface area contributed by atoms with Crippen LogP contribution in [0.4, 0.5) is 0 Å². The Kier molecular flexibility index (Phi) is 10.2. The maximum absolute atomic E-state index is 12.7. The number of rotatable bonds is 10. The Balaban J connectivity index is 2.07. The van der Waals surface area contributed by atoms with Crippen LogP contribution in [0.15, 0.2) is 41.5 Å². The van der Waals surface area contributed by atoms with E-state index in [9.17, 15) is 9.59 Å². The third-order valence-electron chi connectivity index (χ3n) is 4.43. The smallest absolute Gasteiger partial charge is 0.262 e. The van der Waals surface area contributed by atoms with Crippen LogP contribution in [0.3, 0.4) is 0 Å². The summed E-state index contributed by atoms with van der Waals surface area (Å²) in [4.78, 5) is 25.1. The van der Waals surface area contributed by atoms with Gasteiger partial charge in [-0.1, -0.05) is 32.4 Å². The van der Waals surface area contributed by atoms with E-state index >= 15 is 0 Å². The van der Waals surface area contributed by atoms with Gasteiger partial charge in [-0.3, -0.25) is 9.59 Å². The van der Waals surface area contributed by atoms with Crippen molar-refractivity contribution < 1.29 is 19.1 Å². The number of nitrogens with one attached hydrogen (secondary N) is 2. The quantitative estimate of drug-likeness (QED) is 0.247. The second kappa shape index (κ2) is 12.6. The molecular weight excluding hydrogens is 545 g/mol. The van der Waals surface area contributed by atoms with Gasteiger partial charge in [-0.05, 0) is 76.9 Å². The fraction of sp³-hybridized carbons (Fsp3) is 0.348. The lowest BCUT2D eigenvalue weighted by molar-refractivity contribution is -0.123. The van der Waals surface area contributed by atoms with E-state index in [4.69, 9.17) is 21.1 Å². The van der Waals surface area contributed by atoms with Crippen molar-refractivity contribution in [3.63, 3.8) is 0 Å². The summed E-state index contributed by atoms with van der Waals surface area (Å²) in [5, 5.41) is 7.33. The van der Waals surface area contributed by atoms with Gasteiger partial charge >= 0.3 is 0 Å². The van der Waals surface area contributed by atoms with Gasteiger partial charge in [-0.2, -0.15) is 5.10 Å². The fourth-order valence-electron chi connectivity index (χ4n) is 2.76. The highest BCUT2D eigenvalue weighted by Gasteiger charge is 2.24. The molecule has 1 atom stereocenters. The normalized spacial score (nSPS) is 12.0. The van der Waals surface area contributed by atoms with Crippen LogP contribution in [-0.2, 0) is 4.79 Å². The number of carbonyl (C=O) groups is 2. The molecule has 32 heavy (non-hydrogen) atoms. The van der Waals surface area contributed by atoms with Gasteiger partial charge in [0.05, 0.1) is 23.5 Å². The van der Waals surface area contributed by atoms with Gasteiger partial charge in [0.25, 0.3) is 11.8 Å². The third-order valence-corrected chi connectivity index (χ3v) is 5.49. The van der Waals surface area contributed by atoms with Gasteiger partial charge < -0.3 is 14.8 Å². The molecule has 0 fully saturated rings. The number of hydrogen-bond donors (Lipinski definition) is 2. The van der Waals surface area contributed by atoms with Crippen LogP contribution in [0.25, 0.3) is 0 Å². The van der Waals surface area contributed by atoms with Crippen molar-refractivity contribution in [2.75, 3.05) is 13.7 Å². The van der Waals surface area contributed by atoms with Crippen molar-refractivity contribution in [1.82, 2.24) is 10.7 Å². The summed E-state index contributed by atoms with van der Waals surface area (Å²) >= 11 is 8.03. The zero-order chi connectivity index (χ0) is 23.7. The molecule has 9 heteroatoms. The highest BCUT2D eigenvalue weighted by molar-refractivity contribution is 14.1. The summed E-state index contributed by atoms with van der Waals surface area (Å²) in [5.74, 6) is 0.358. The van der Waals surface area contributed by atoms with Crippen molar-refractivity contribution in [2.45, 2.75) is 33.2 Å². The molecule has 0 saturated carbocycles. The van der Waals surface area contributed by atoms with Crippen LogP contribution in [0, 0.1) is 9.49 Å². The Morgan fingerprint density at radius 3 is 2.50 bits per heavy atom. The van der Waals surface area contributed by atoms with Crippen molar-refractivity contribution in [3.05, 3.63) is 56.1 Å². The van der Waals surface area contributed by atoms with Crippen molar-refractivity contribution in [3.8, 4) is 11.5 Å². The highest BCUT2D eigenvalue weighted by Crippen LogP contribution is 2.33. The number of benzene rings is 2. The van der Waals surface area contributed by atoms with Crippen LogP contribution in [0.5, 0.6) is 11.5 Å². The lowest BCUT2D eigenvalue weighted by Gasteiger charge is -2.20. The van der Waals surface area contributed by atoms with Crippen molar-refractivity contribution in [2.24, 2.45) is 11.0 Å². The number of ether oxygens (including phenoxy) is 2. The molecule has 1 unspecified atom stereocenters. The van der Waals surface area contributed by atoms with Gasteiger partial charge in [0.15, 0.2) is 11.5 Å². The Morgan fingerprint density at radius 2 is 1.91 bits per heavy atom. The first-order valence-corrected chi connectivity index (χ1v) is 11.6. The zero-order valence-electron chi connectivity index (χ0n) is 18.4. The molecule has 7 nitrogen and oxygen atoms in total. The van der Waals surface area contributed by atoms with Gasteiger partial charge in [-0.25, -0.2) is 5.43 Å². The number of amides is 2. The van der Waals surface area contributed by atoms with Gasteiger partial charge in [0.1, 0.15) is 6.04 Å². The van der Waals surface area contributed by atoms with Crippen LogP contribution in [-0.4, -0.2) is 37.8 Å². The molecule has 2 amide bonds. The molecule has 172 valence electrons. The molecule has 2 N–H and O–H groups in total. The van der Waals surface area contributed by atoms with Crippen LogP contribution in [0.2, 0.25) is 5.02 Å². The topological polar surface area (TPSA) is 89.0 Å². The standard InChI is InChI=1S/C23H27ClIN3O4/c1-5-10-32-21-18(25)11-15(12-19(21)31-4)13-26-28-23(30)20(14(2)3)27-22(29)16-6-8-17(24)9-7-16/h6-9,11-14,20H,5,10H2,1-4H3,(H,27,29)(H,28,30)/b26-13+. The number of nitrogens with zero attached hydrogens (tertiary/aromatic N) is 1. The minimum atomic E-state index is -0.755. The minimum absolute atomic E-state index is 0.141. The molecule has 2 rings (SSSR count). The maximum atomic E-state index is 12.7. The Morgan fingerprint density at radius 1 is 1.22 bits per heavy atom. The van der Waals surface area contributed by atoms with Gasteiger partial charge in [-0.15, -0.1) is 0 Å². The molecule has 0 aliphatic heterocycles. The Bertz CT molecular complexity index is 964. The first kappa shape index (κ1) is 25.9. The molecule has 0 aliphatic rings. The highest BCUT2D eigenvalue weighted by atomic mass is 127. The molecule has 2 aromatic rings. The molecule has 0 aromatic heterocycles. The van der Waals surface area contributed by atoms with E-state index in [1.54, 1.807) is 37.4 Å². The molecule has 0 spiro atoms. The molecule has 0 radical (unpaired) electrons. The summed E-state index contributed by atoms with van der Waals surface area (Å²) in [6, 6.07) is 9.37. The summed E-state index contributed by atoms with van der Waals surface area (Å²) in [7, 11) is 1.57. The van der Waals surface area contributed by atoms with E-state index in [0.717, 1.165) is 15.6 Å². The molecule has 2 aromatic carbocycles. The van der Waals surface area contributed by atoms with Crippen LogP contribution >= 0.6 is 34.2 Å². The number of halogens is 2. The average Bonchev–Trinajstić information content (AvgIpc) is 2.76. The van der Waals surface area contributed by atoms with Crippen LogP contribution < -0.4 is 20.2 Å². The fourth-order valence-corrected chi connectivity index (χ4v) is 3.67. The van der Waals surface area contributed by atoms with E-state index in [-0.39, 0.29) is 11.8 Å². The Labute approximate surface area is 207 Å². The molecule has 0 heterocycles. The average molecular weight is 572 g/mol. The molecule has 0 aliphatic carbocycles. The first-order valence-electron chi connectivity index (χ1n) is 10.2. The van der Waals surface area contributed by atoms with Crippen molar-refractivity contribution in [1.29, 1.82) is 0 Å². The van der Waals surface area contributed by atoms with Gasteiger partial charge in [0.2, 0.25) is 0 Å².